The van der Waals surface area contributed by atoms with E-state index in [1.54, 1.807) is 36.4 Å². The van der Waals surface area contributed by atoms with E-state index in [9.17, 15) is 4.79 Å². The molecule has 7 heteroatoms. The Hall–Kier alpha value is -1.88. The van der Waals surface area contributed by atoms with Gasteiger partial charge in [0.25, 0.3) is 0 Å². The zero-order valence-corrected chi connectivity index (χ0v) is 14.2. The van der Waals surface area contributed by atoms with E-state index >= 15 is 0 Å². The third-order valence-electron chi connectivity index (χ3n) is 2.82. The van der Waals surface area contributed by atoms with Crippen molar-refractivity contribution in [3.05, 3.63) is 62.7 Å². The minimum atomic E-state index is -0.647. The van der Waals surface area contributed by atoms with Crippen LogP contribution in [0.15, 0.2) is 42.1 Å². The average Bonchev–Trinajstić information content (AvgIpc) is 2.52. The number of benzene rings is 2. The Morgan fingerprint density at radius 1 is 1.04 bits per heavy atom. The van der Waals surface area contributed by atoms with Crippen LogP contribution in [0.2, 0.25) is 15.1 Å². The summed E-state index contributed by atoms with van der Waals surface area (Å²) in [5, 5.41) is 1.30. The van der Waals surface area contributed by atoms with Crippen LogP contribution >= 0.6 is 34.8 Å². The highest BCUT2D eigenvalue weighted by molar-refractivity contribution is 6.34. The fraction of sp³-hybridized carbons (Fsp3) is 0.0625. The molecular weight excluding hydrogens is 361 g/mol. The van der Waals surface area contributed by atoms with Crippen LogP contribution < -0.4 is 10.5 Å². The Bertz CT molecular complexity index is 775. The Morgan fingerprint density at radius 2 is 1.65 bits per heavy atom. The van der Waals surface area contributed by atoms with E-state index in [-0.39, 0.29) is 5.70 Å². The number of hydrogen-bond donors (Lipinski definition) is 1. The number of nitrogens with two attached hydrogens (primary N) is 1. The van der Waals surface area contributed by atoms with Crippen molar-refractivity contribution in [1.82, 2.24) is 0 Å². The molecule has 0 aliphatic carbocycles. The van der Waals surface area contributed by atoms with Crippen LogP contribution in [0, 0.1) is 0 Å². The zero-order valence-electron chi connectivity index (χ0n) is 12.0. The standard InChI is InChI=1S/C16H12Cl3NO3/c1-22-16(21)13(20)6-9-2-3-10(17)7-14(9)23-15-8-11(18)4-5-12(15)19/h2-8H,20H2,1H3/b13-6-. The predicted molar refractivity (Wildman–Crippen MR) is 92.2 cm³/mol. The van der Waals surface area contributed by atoms with Gasteiger partial charge in [-0.3, -0.25) is 0 Å². The van der Waals surface area contributed by atoms with Crippen LogP contribution in [0.1, 0.15) is 5.56 Å². The van der Waals surface area contributed by atoms with Gasteiger partial charge in [0.15, 0.2) is 0 Å². The SMILES string of the molecule is COC(=O)/C(N)=C/c1ccc(Cl)cc1Oc1cc(Cl)ccc1Cl. The van der Waals surface area contributed by atoms with Crippen LogP contribution in [0.25, 0.3) is 6.08 Å². The topological polar surface area (TPSA) is 61.5 Å². The van der Waals surface area contributed by atoms with Gasteiger partial charge in [0.2, 0.25) is 0 Å². The number of rotatable bonds is 4. The van der Waals surface area contributed by atoms with Gasteiger partial charge in [0.05, 0.1) is 12.1 Å². The lowest BCUT2D eigenvalue weighted by atomic mass is 10.1. The Labute approximate surface area is 148 Å². The molecule has 0 spiro atoms. The van der Waals surface area contributed by atoms with Crippen molar-refractivity contribution in [2.24, 2.45) is 5.73 Å². The molecule has 0 atom stereocenters. The van der Waals surface area contributed by atoms with Crippen LogP contribution in [0.3, 0.4) is 0 Å². The molecule has 4 nitrogen and oxygen atoms in total. The van der Waals surface area contributed by atoms with Gasteiger partial charge in [-0.05, 0) is 30.3 Å². The molecule has 0 aliphatic heterocycles. The van der Waals surface area contributed by atoms with Gasteiger partial charge in [-0.25, -0.2) is 4.79 Å². The van der Waals surface area contributed by atoms with E-state index < -0.39 is 5.97 Å². The molecule has 0 heterocycles. The zero-order chi connectivity index (χ0) is 17.0. The summed E-state index contributed by atoms with van der Waals surface area (Å²) in [6.07, 6.45) is 1.43. The molecule has 2 N–H and O–H groups in total. The van der Waals surface area contributed by atoms with Gasteiger partial charge in [0.1, 0.15) is 17.2 Å². The van der Waals surface area contributed by atoms with Crippen LogP contribution in [0.5, 0.6) is 11.5 Å². The van der Waals surface area contributed by atoms with E-state index in [0.29, 0.717) is 32.1 Å². The summed E-state index contributed by atoms with van der Waals surface area (Å²) in [5.41, 5.74) is 6.13. The second-order valence-electron chi connectivity index (χ2n) is 4.45. The molecule has 0 saturated carbocycles. The third kappa shape index (κ3) is 4.55. The molecule has 23 heavy (non-hydrogen) atoms. The number of carbonyl (C=O) groups is 1. The summed E-state index contributed by atoms with van der Waals surface area (Å²) in [6, 6.07) is 9.71. The van der Waals surface area contributed by atoms with Crippen molar-refractivity contribution in [1.29, 1.82) is 0 Å². The monoisotopic (exact) mass is 371 g/mol. The first-order chi connectivity index (χ1) is 10.9. The lowest BCUT2D eigenvalue weighted by Crippen LogP contribution is -2.12. The summed E-state index contributed by atoms with van der Waals surface area (Å²) in [7, 11) is 1.24. The molecule has 0 radical (unpaired) electrons. The van der Waals surface area contributed by atoms with Crippen molar-refractivity contribution in [3.63, 3.8) is 0 Å². The first-order valence-electron chi connectivity index (χ1n) is 6.38. The first-order valence-corrected chi connectivity index (χ1v) is 7.52. The fourth-order valence-corrected chi connectivity index (χ4v) is 2.21. The summed E-state index contributed by atoms with van der Waals surface area (Å²) < 4.78 is 10.3. The summed E-state index contributed by atoms with van der Waals surface area (Å²) >= 11 is 18.0. The highest BCUT2D eigenvalue weighted by Crippen LogP contribution is 2.35. The number of halogens is 3. The summed E-state index contributed by atoms with van der Waals surface area (Å²) in [4.78, 5) is 11.4. The fourth-order valence-electron chi connectivity index (χ4n) is 1.73. The maximum Gasteiger partial charge on any atom is 0.353 e. The number of ether oxygens (including phenoxy) is 2. The maximum atomic E-state index is 11.4. The van der Waals surface area contributed by atoms with Gasteiger partial charge in [-0.2, -0.15) is 0 Å². The molecule has 0 aliphatic rings. The number of methoxy groups -OCH3 is 1. The van der Waals surface area contributed by atoms with Crippen molar-refractivity contribution in [2.75, 3.05) is 7.11 Å². The number of esters is 1. The van der Waals surface area contributed by atoms with Crippen molar-refractivity contribution >= 4 is 46.8 Å². The van der Waals surface area contributed by atoms with Crippen LogP contribution in [0.4, 0.5) is 0 Å². The van der Waals surface area contributed by atoms with E-state index in [0.717, 1.165) is 0 Å². The second kappa shape index (κ2) is 7.59. The minimum Gasteiger partial charge on any atom is -0.464 e. The maximum absolute atomic E-state index is 11.4. The molecular formula is C16H12Cl3NO3. The van der Waals surface area contributed by atoms with Gasteiger partial charge < -0.3 is 15.2 Å². The molecule has 0 fully saturated rings. The van der Waals surface area contributed by atoms with Crippen molar-refractivity contribution in [2.45, 2.75) is 0 Å². The smallest absolute Gasteiger partial charge is 0.353 e. The largest absolute Gasteiger partial charge is 0.464 e. The second-order valence-corrected chi connectivity index (χ2v) is 5.73. The van der Waals surface area contributed by atoms with Gasteiger partial charge in [0, 0.05) is 27.7 Å². The minimum absolute atomic E-state index is 0.0723. The lowest BCUT2D eigenvalue weighted by Gasteiger charge is -2.11. The summed E-state index contributed by atoms with van der Waals surface area (Å²) in [5.74, 6) is 0.0768. The summed E-state index contributed by atoms with van der Waals surface area (Å²) in [6.45, 7) is 0. The van der Waals surface area contributed by atoms with Crippen LogP contribution in [-0.2, 0) is 9.53 Å². The number of hydrogen-bond acceptors (Lipinski definition) is 4. The van der Waals surface area contributed by atoms with Gasteiger partial charge in [-0.1, -0.05) is 34.8 Å². The first kappa shape index (κ1) is 17.5. The van der Waals surface area contributed by atoms with Gasteiger partial charge >= 0.3 is 5.97 Å². The van der Waals surface area contributed by atoms with E-state index in [4.69, 9.17) is 45.3 Å². The molecule has 2 aromatic carbocycles. The van der Waals surface area contributed by atoms with Gasteiger partial charge in [-0.15, -0.1) is 0 Å². The molecule has 0 amide bonds. The molecule has 2 rings (SSSR count). The molecule has 0 saturated heterocycles. The molecule has 2 aromatic rings. The van der Waals surface area contributed by atoms with E-state index in [1.807, 2.05) is 0 Å². The third-order valence-corrected chi connectivity index (χ3v) is 3.60. The highest BCUT2D eigenvalue weighted by Gasteiger charge is 2.11. The highest BCUT2D eigenvalue weighted by atomic mass is 35.5. The van der Waals surface area contributed by atoms with E-state index in [2.05, 4.69) is 4.74 Å². The Morgan fingerprint density at radius 3 is 2.30 bits per heavy atom. The number of carbonyl (C=O) groups excluding carboxylic acids is 1. The Kier molecular flexibility index (Phi) is 5.77. The Balaban J connectivity index is 2.43. The average molecular weight is 373 g/mol. The molecule has 0 unspecified atom stereocenters. The predicted octanol–water partition coefficient (Wildman–Crippen LogP) is 4.91. The normalized spacial score (nSPS) is 11.2. The lowest BCUT2D eigenvalue weighted by molar-refractivity contribution is -0.136. The molecule has 0 bridgehead atoms. The van der Waals surface area contributed by atoms with E-state index in [1.165, 1.54) is 13.2 Å². The quantitative estimate of drug-likeness (QED) is 0.612. The van der Waals surface area contributed by atoms with Crippen LogP contribution in [-0.4, -0.2) is 13.1 Å². The molecule has 120 valence electrons. The van der Waals surface area contributed by atoms with Crippen molar-refractivity contribution in [3.8, 4) is 11.5 Å². The molecule has 0 aromatic heterocycles. The van der Waals surface area contributed by atoms with Crippen molar-refractivity contribution < 1.29 is 14.3 Å².